The normalized spacial score (nSPS) is 21.3. The molecule has 68 valence electrons. The molecular formula is C11H19N. The van der Waals surface area contributed by atoms with Crippen LogP contribution in [-0.2, 0) is 0 Å². The molecule has 0 aromatic carbocycles. The van der Waals surface area contributed by atoms with Crippen LogP contribution in [0.2, 0.25) is 0 Å². The third-order valence-corrected chi connectivity index (χ3v) is 2.16. The van der Waals surface area contributed by atoms with Crippen LogP contribution in [0, 0.1) is 0 Å². The molecule has 0 bridgehead atoms. The molecule has 0 radical (unpaired) electrons. The van der Waals surface area contributed by atoms with E-state index in [1.54, 1.807) is 0 Å². The van der Waals surface area contributed by atoms with Crippen LogP contribution in [0.3, 0.4) is 0 Å². The Bertz CT molecular complexity index is 113. The van der Waals surface area contributed by atoms with E-state index in [1.165, 1.54) is 44.9 Å². The van der Waals surface area contributed by atoms with Crippen molar-refractivity contribution in [1.29, 1.82) is 0 Å². The SMILES string of the molecule is C1=CCCCCN=CCCCC1. The van der Waals surface area contributed by atoms with Gasteiger partial charge in [-0.15, -0.1) is 0 Å². The monoisotopic (exact) mass is 165 g/mol. The van der Waals surface area contributed by atoms with Crippen molar-refractivity contribution in [1.82, 2.24) is 0 Å². The molecule has 1 aliphatic rings. The van der Waals surface area contributed by atoms with E-state index in [-0.39, 0.29) is 0 Å². The van der Waals surface area contributed by atoms with Crippen LogP contribution in [0.4, 0.5) is 0 Å². The first-order chi connectivity index (χ1) is 6.00. The molecule has 0 aliphatic carbocycles. The molecule has 1 heterocycles. The standard InChI is InChI=1S/C11H19N/c1-2-4-6-8-10-12-11-9-7-5-3-1/h1-2,11H,3-10H2. The van der Waals surface area contributed by atoms with Gasteiger partial charge in [-0.3, -0.25) is 4.99 Å². The lowest BCUT2D eigenvalue weighted by atomic mass is 10.1. The van der Waals surface area contributed by atoms with Gasteiger partial charge in [-0.2, -0.15) is 0 Å². The lowest BCUT2D eigenvalue weighted by Gasteiger charge is -1.97. The Morgan fingerprint density at radius 2 is 1.42 bits per heavy atom. The van der Waals surface area contributed by atoms with E-state index in [0.29, 0.717) is 0 Å². The van der Waals surface area contributed by atoms with Crippen molar-refractivity contribution >= 4 is 6.21 Å². The molecule has 0 saturated heterocycles. The minimum absolute atomic E-state index is 1.04. The summed E-state index contributed by atoms with van der Waals surface area (Å²) < 4.78 is 0. The van der Waals surface area contributed by atoms with E-state index < -0.39 is 0 Å². The fourth-order valence-corrected chi connectivity index (χ4v) is 1.38. The third kappa shape index (κ3) is 5.11. The van der Waals surface area contributed by atoms with E-state index in [1.807, 2.05) is 0 Å². The largest absolute Gasteiger partial charge is 0.298 e. The number of rotatable bonds is 0. The number of hydrogen-bond acceptors (Lipinski definition) is 1. The first-order valence-corrected chi connectivity index (χ1v) is 5.13. The summed E-state index contributed by atoms with van der Waals surface area (Å²) in [6.45, 7) is 1.04. The molecule has 0 spiro atoms. The fraction of sp³-hybridized carbons (Fsp3) is 0.727. The molecule has 0 unspecified atom stereocenters. The van der Waals surface area contributed by atoms with Crippen molar-refractivity contribution < 1.29 is 0 Å². The summed E-state index contributed by atoms with van der Waals surface area (Å²) in [4.78, 5) is 4.36. The van der Waals surface area contributed by atoms with Crippen molar-refractivity contribution in [2.24, 2.45) is 4.99 Å². The van der Waals surface area contributed by atoms with Crippen molar-refractivity contribution in [3.63, 3.8) is 0 Å². The zero-order valence-electron chi connectivity index (χ0n) is 7.84. The van der Waals surface area contributed by atoms with Crippen molar-refractivity contribution in [2.75, 3.05) is 6.54 Å². The lowest BCUT2D eigenvalue weighted by Crippen LogP contribution is -1.85. The van der Waals surface area contributed by atoms with Crippen LogP contribution in [0.25, 0.3) is 0 Å². The number of hydrogen-bond donors (Lipinski definition) is 0. The average molecular weight is 165 g/mol. The predicted octanol–water partition coefficient (Wildman–Crippen LogP) is 3.36. The number of nitrogens with zero attached hydrogens (tertiary/aromatic N) is 1. The maximum Gasteiger partial charge on any atom is 0.0385 e. The van der Waals surface area contributed by atoms with Crippen LogP contribution in [-0.4, -0.2) is 12.8 Å². The van der Waals surface area contributed by atoms with Gasteiger partial charge in [0, 0.05) is 6.54 Å². The van der Waals surface area contributed by atoms with Crippen molar-refractivity contribution in [3.8, 4) is 0 Å². The van der Waals surface area contributed by atoms with Gasteiger partial charge in [0.15, 0.2) is 0 Å². The Morgan fingerprint density at radius 1 is 0.750 bits per heavy atom. The third-order valence-electron chi connectivity index (χ3n) is 2.16. The highest BCUT2D eigenvalue weighted by Gasteiger charge is 1.88. The Morgan fingerprint density at radius 3 is 2.25 bits per heavy atom. The maximum absolute atomic E-state index is 4.36. The predicted molar refractivity (Wildman–Crippen MR) is 54.8 cm³/mol. The molecule has 0 amide bonds. The molecule has 12 heavy (non-hydrogen) atoms. The molecule has 0 aromatic rings. The lowest BCUT2D eigenvalue weighted by molar-refractivity contribution is 0.738. The van der Waals surface area contributed by atoms with E-state index in [4.69, 9.17) is 0 Å². The summed E-state index contributed by atoms with van der Waals surface area (Å²) in [6.07, 6.45) is 15.6. The topological polar surface area (TPSA) is 12.4 Å². The van der Waals surface area contributed by atoms with E-state index in [0.717, 1.165) is 6.54 Å². The fourth-order valence-electron chi connectivity index (χ4n) is 1.38. The van der Waals surface area contributed by atoms with Crippen molar-refractivity contribution in [3.05, 3.63) is 12.2 Å². The van der Waals surface area contributed by atoms with Crippen molar-refractivity contribution in [2.45, 2.75) is 44.9 Å². The molecular weight excluding hydrogens is 146 g/mol. The molecule has 0 aromatic heterocycles. The minimum Gasteiger partial charge on any atom is -0.298 e. The highest BCUT2D eigenvalue weighted by molar-refractivity contribution is 5.56. The highest BCUT2D eigenvalue weighted by atomic mass is 14.7. The van der Waals surface area contributed by atoms with Gasteiger partial charge in [-0.1, -0.05) is 12.2 Å². The van der Waals surface area contributed by atoms with E-state index >= 15 is 0 Å². The van der Waals surface area contributed by atoms with Gasteiger partial charge in [-0.05, 0) is 51.2 Å². The van der Waals surface area contributed by atoms with E-state index in [2.05, 4.69) is 23.4 Å². The number of allylic oxidation sites excluding steroid dienone is 2. The summed E-state index contributed by atoms with van der Waals surface area (Å²) >= 11 is 0. The van der Waals surface area contributed by atoms with Gasteiger partial charge < -0.3 is 0 Å². The molecule has 0 atom stereocenters. The molecule has 1 rings (SSSR count). The summed E-state index contributed by atoms with van der Waals surface area (Å²) in [6, 6.07) is 0. The average Bonchev–Trinajstić information content (AvgIpc) is 2.05. The first kappa shape index (κ1) is 9.50. The van der Waals surface area contributed by atoms with Gasteiger partial charge in [0.1, 0.15) is 0 Å². The Labute approximate surface area is 75.6 Å². The first-order valence-electron chi connectivity index (χ1n) is 5.13. The molecule has 1 aliphatic heterocycles. The molecule has 0 saturated carbocycles. The van der Waals surface area contributed by atoms with Crippen LogP contribution in [0.1, 0.15) is 44.9 Å². The maximum atomic E-state index is 4.36. The summed E-state index contributed by atoms with van der Waals surface area (Å²) in [7, 11) is 0. The van der Waals surface area contributed by atoms with Gasteiger partial charge in [0.05, 0.1) is 0 Å². The quantitative estimate of drug-likeness (QED) is 0.488. The second-order valence-corrected chi connectivity index (χ2v) is 3.34. The molecule has 0 N–H and O–H groups in total. The summed E-state index contributed by atoms with van der Waals surface area (Å²) in [5.74, 6) is 0. The van der Waals surface area contributed by atoms with E-state index in [9.17, 15) is 0 Å². The summed E-state index contributed by atoms with van der Waals surface area (Å²) in [5, 5.41) is 0. The van der Waals surface area contributed by atoms with Crippen LogP contribution >= 0.6 is 0 Å². The Kier molecular flexibility index (Phi) is 5.60. The van der Waals surface area contributed by atoms with Gasteiger partial charge in [-0.25, -0.2) is 0 Å². The molecule has 1 heteroatoms. The zero-order valence-corrected chi connectivity index (χ0v) is 7.84. The highest BCUT2D eigenvalue weighted by Crippen LogP contribution is 2.03. The summed E-state index contributed by atoms with van der Waals surface area (Å²) in [5.41, 5.74) is 0. The van der Waals surface area contributed by atoms with Crippen LogP contribution in [0.5, 0.6) is 0 Å². The smallest absolute Gasteiger partial charge is 0.0385 e. The minimum atomic E-state index is 1.04. The van der Waals surface area contributed by atoms with Crippen LogP contribution in [0.15, 0.2) is 17.1 Å². The van der Waals surface area contributed by atoms with Gasteiger partial charge in [0.2, 0.25) is 0 Å². The number of aliphatic imine (C=N–C) groups is 1. The van der Waals surface area contributed by atoms with Gasteiger partial charge >= 0.3 is 0 Å². The second-order valence-electron chi connectivity index (χ2n) is 3.34. The Balaban J connectivity index is 2.18. The van der Waals surface area contributed by atoms with Gasteiger partial charge in [0.25, 0.3) is 0 Å². The second kappa shape index (κ2) is 7.08. The van der Waals surface area contributed by atoms with Crippen LogP contribution < -0.4 is 0 Å². The Hall–Kier alpha value is -0.590. The molecule has 0 fully saturated rings. The zero-order chi connectivity index (χ0) is 8.49. The molecule has 1 nitrogen and oxygen atoms in total.